The van der Waals surface area contributed by atoms with Crippen molar-refractivity contribution in [1.82, 2.24) is 0 Å². The number of hydrogen-bond acceptors (Lipinski definition) is 0. The third kappa shape index (κ3) is 4.03. The van der Waals surface area contributed by atoms with Crippen LogP contribution in [0.1, 0.15) is 13.3 Å². The number of benzene rings is 3. The second-order valence-electron chi connectivity index (χ2n) is 6.26. The molecule has 0 bridgehead atoms. The summed E-state index contributed by atoms with van der Waals surface area (Å²) in [5.74, 6) is 0. The zero-order valence-corrected chi connectivity index (χ0v) is 16.2. The van der Waals surface area contributed by atoms with Gasteiger partial charge in [-0.15, -0.1) is 0 Å². The summed E-state index contributed by atoms with van der Waals surface area (Å²) in [5.41, 5.74) is 0. The average Bonchev–Trinajstić information content (AvgIpc) is 2.73. The predicted molar refractivity (Wildman–Crippen MR) is 119 cm³/mol. The minimum absolute atomic E-state index is 1.03. The molecule has 0 fully saturated rings. The Morgan fingerprint density at radius 3 is 1.35 bits per heavy atom. The Labute approximate surface area is 158 Å². The number of allylic oxidation sites excluding steroid dienone is 4. The molecule has 0 N–H and O–H groups in total. The van der Waals surface area contributed by atoms with E-state index in [0.29, 0.717) is 0 Å². The van der Waals surface area contributed by atoms with Crippen LogP contribution in [-0.4, -0.2) is 6.16 Å². The molecule has 0 aliphatic heterocycles. The monoisotopic (exact) mass is 357 g/mol. The summed E-state index contributed by atoms with van der Waals surface area (Å²) < 4.78 is 0. The molecule has 0 nitrogen and oxygen atoms in total. The quantitative estimate of drug-likeness (QED) is 0.387. The lowest BCUT2D eigenvalue weighted by Crippen LogP contribution is -2.32. The summed E-state index contributed by atoms with van der Waals surface area (Å²) in [6.45, 7) is 2.17. The Morgan fingerprint density at radius 1 is 0.577 bits per heavy atom. The summed E-state index contributed by atoms with van der Waals surface area (Å²) in [5, 5.41) is 4.30. The Hall–Kier alpha value is -2.43. The van der Waals surface area contributed by atoms with E-state index in [1.165, 1.54) is 15.9 Å². The van der Waals surface area contributed by atoms with Gasteiger partial charge >= 0.3 is 0 Å². The molecular formula is C25H26P+. The first-order valence-corrected chi connectivity index (χ1v) is 11.2. The Bertz CT molecular complexity index is 736. The standard InChI is InChI=1S/C25H26P/c1-2-3-4-5-15-22-26(23-16-9-6-10-17-23,24-18-11-7-12-19-24)25-20-13-8-14-21-25/h3-21H,2,22H2,1H3/q+1/b4-3+,15-5+. The van der Waals surface area contributed by atoms with Crippen molar-refractivity contribution in [3.05, 3.63) is 115 Å². The summed E-state index contributed by atoms with van der Waals surface area (Å²) in [4.78, 5) is 0. The molecular weight excluding hydrogens is 331 g/mol. The van der Waals surface area contributed by atoms with Gasteiger partial charge in [-0.2, -0.15) is 0 Å². The van der Waals surface area contributed by atoms with E-state index >= 15 is 0 Å². The van der Waals surface area contributed by atoms with Gasteiger partial charge in [-0.1, -0.05) is 79.7 Å². The van der Waals surface area contributed by atoms with Crippen LogP contribution < -0.4 is 15.9 Å². The van der Waals surface area contributed by atoms with Gasteiger partial charge in [-0.3, -0.25) is 0 Å². The van der Waals surface area contributed by atoms with Crippen LogP contribution in [-0.2, 0) is 0 Å². The Morgan fingerprint density at radius 2 is 0.962 bits per heavy atom. The van der Waals surface area contributed by atoms with E-state index in [1.807, 2.05) is 0 Å². The van der Waals surface area contributed by atoms with Gasteiger partial charge in [0, 0.05) is 0 Å². The van der Waals surface area contributed by atoms with Crippen molar-refractivity contribution >= 4 is 23.2 Å². The second kappa shape index (κ2) is 9.32. The lowest BCUT2D eigenvalue weighted by atomic mass is 10.3. The maximum absolute atomic E-state index is 2.34. The summed E-state index contributed by atoms with van der Waals surface area (Å²) >= 11 is 0. The van der Waals surface area contributed by atoms with Crippen LogP contribution >= 0.6 is 7.26 Å². The van der Waals surface area contributed by atoms with Gasteiger partial charge in [0.25, 0.3) is 0 Å². The van der Waals surface area contributed by atoms with E-state index < -0.39 is 7.26 Å². The van der Waals surface area contributed by atoms with E-state index in [4.69, 9.17) is 0 Å². The smallest absolute Gasteiger partial charge is 0.0848 e. The van der Waals surface area contributed by atoms with E-state index in [-0.39, 0.29) is 0 Å². The van der Waals surface area contributed by atoms with Crippen molar-refractivity contribution in [3.8, 4) is 0 Å². The largest absolute Gasteiger partial charge is 0.115 e. The minimum atomic E-state index is -1.72. The fourth-order valence-corrected chi connectivity index (χ4v) is 7.33. The van der Waals surface area contributed by atoms with E-state index in [0.717, 1.165) is 12.6 Å². The van der Waals surface area contributed by atoms with Gasteiger partial charge in [0.05, 0.1) is 6.16 Å². The molecule has 130 valence electrons. The molecule has 3 rings (SSSR count). The highest BCUT2D eigenvalue weighted by molar-refractivity contribution is 7.95. The highest BCUT2D eigenvalue weighted by atomic mass is 31.2. The van der Waals surface area contributed by atoms with Crippen molar-refractivity contribution in [2.75, 3.05) is 6.16 Å². The Balaban J connectivity index is 2.18. The van der Waals surface area contributed by atoms with Crippen LogP contribution in [0.25, 0.3) is 0 Å². The van der Waals surface area contributed by atoms with Gasteiger partial charge in [0.15, 0.2) is 0 Å². The van der Waals surface area contributed by atoms with Gasteiger partial charge < -0.3 is 0 Å². The molecule has 0 saturated heterocycles. The highest BCUT2D eigenvalue weighted by Gasteiger charge is 2.43. The molecule has 3 aromatic carbocycles. The van der Waals surface area contributed by atoms with Gasteiger partial charge in [-0.05, 0) is 48.9 Å². The lowest BCUT2D eigenvalue weighted by molar-refractivity contribution is 1.22. The van der Waals surface area contributed by atoms with Crippen LogP contribution in [0.15, 0.2) is 115 Å². The molecule has 0 atom stereocenters. The first-order chi connectivity index (χ1) is 12.9. The van der Waals surface area contributed by atoms with Crippen molar-refractivity contribution < 1.29 is 0 Å². The molecule has 0 spiro atoms. The first kappa shape index (κ1) is 18.4. The van der Waals surface area contributed by atoms with Gasteiger partial charge in [0.2, 0.25) is 0 Å². The van der Waals surface area contributed by atoms with Crippen LogP contribution in [0.4, 0.5) is 0 Å². The fraction of sp³-hybridized carbons (Fsp3) is 0.120. The third-order valence-electron chi connectivity index (χ3n) is 4.59. The molecule has 26 heavy (non-hydrogen) atoms. The van der Waals surface area contributed by atoms with Crippen molar-refractivity contribution in [1.29, 1.82) is 0 Å². The topological polar surface area (TPSA) is 0 Å². The van der Waals surface area contributed by atoms with Gasteiger partial charge in [-0.25, -0.2) is 0 Å². The molecule has 0 amide bonds. The van der Waals surface area contributed by atoms with E-state index in [2.05, 4.69) is 122 Å². The molecule has 0 radical (unpaired) electrons. The van der Waals surface area contributed by atoms with Crippen LogP contribution in [0.5, 0.6) is 0 Å². The van der Waals surface area contributed by atoms with Crippen molar-refractivity contribution in [2.24, 2.45) is 0 Å². The normalized spacial score (nSPS) is 12.0. The zero-order valence-electron chi connectivity index (χ0n) is 15.3. The van der Waals surface area contributed by atoms with Gasteiger partial charge in [0.1, 0.15) is 23.2 Å². The first-order valence-electron chi connectivity index (χ1n) is 9.24. The lowest BCUT2D eigenvalue weighted by Gasteiger charge is -2.26. The minimum Gasteiger partial charge on any atom is -0.0848 e. The average molecular weight is 357 g/mol. The fourth-order valence-electron chi connectivity index (χ4n) is 3.32. The maximum atomic E-state index is 2.34. The summed E-state index contributed by atoms with van der Waals surface area (Å²) in [6.07, 6.45) is 11.0. The summed E-state index contributed by atoms with van der Waals surface area (Å²) in [7, 11) is -1.72. The summed E-state index contributed by atoms with van der Waals surface area (Å²) in [6, 6.07) is 33.1. The highest BCUT2D eigenvalue weighted by Crippen LogP contribution is 2.55. The molecule has 0 aromatic heterocycles. The third-order valence-corrected chi connectivity index (χ3v) is 8.89. The molecule has 0 aliphatic rings. The second-order valence-corrected chi connectivity index (χ2v) is 9.80. The zero-order chi connectivity index (χ0) is 18.1. The number of hydrogen-bond donors (Lipinski definition) is 0. The number of rotatable bonds is 7. The molecule has 1 heteroatoms. The van der Waals surface area contributed by atoms with Crippen molar-refractivity contribution in [2.45, 2.75) is 13.3 Å². The van der Waals surface area contributed by atoms with Crippen LogP contribution in [0.3, 0.4) is 0 Å². The Kier molecular flexibility index (Phi) is 6.58. The predicted octanol–water partition coefficient (Wildman–Crippen LogP) is 5.50. The molecule has 0 saturated carbocycles. The van der Waals surface area contributed by atoms with E-state index in [1.54, 1.807) is 0 Å². The molecule has 0 heterocycles. The van der Waals surface area contributed by atoms with Crippen LogP contribution in [0, 0.1) is 0 Å². The molecule has 3 aromatic rings. The molecule has 0 aliphatic carbocycles. The van der Waals surface area contributed by atoms with Crippen molar-refractivity contribution in [3.63, 3.8) is 0 Å². The van der Waals surface area contributed by atoms with E-state index in [9.17, 15) is 0 Å². The molecule has 0 unspecified atom stereocenters. The SMILES string of the molecule is CC/C=C/C=C/C[P+](c1ccccc1)(c1ccccc1)c1ccccc1. The van der Waals surface area contributed by atoms with Crippen LogP contribution in [0.2, 0.25) is 0 Å². The maximum Gasteiger partial charge on any atom is 0.115 e.